The van der Waals surface area contributed by atoms with E-state index in [9.17, 15) is 18.8 Å². The van der Waals surface area contributed by atoms with Gasteiger partial charge in [0.05, 0.1) is 0 Å². The minimum Gasteiger partial charge on any atom is -0.350 e. The fourth-order valence-electron chi connectivity index (χ4n) is 3.82. The van der Waals surface area contributed by atoms with Gasteiger partial charge in [-0.25, -0.2) is 9.18 Å². The highest BCUT2D eigenvalue weighted by molar-refractivity contribution is 6.08. The molecule has 0 aromatic heterocycles. The molecule has 6 nitrogen and oxygen atoms in total. The van der Waals surface area contributed by atoms with Crippen LogP contribution in [0.25, 0.3) is 0 Å². The molecule has 3 rings (SSSR count). The number of nitrogens with zero attached hydrogens (tertiary/aromatic N) is 2. The van der Waals surface area contributed by atoms with E-state index in [-0.39, 0.29) is 24.8 Å². The van der Waals surface area contributed by atoms with Crippen molar-refractivity contribution in [3.63, 3.8) is 0 Å². The predicted molar refractivity (Wildman–Crippen MR) is 93.7 cm³/mol. The first-order chi connectivity index (χ1) is 12.3. The van der Waals surface area contributed by atoms with Crippen molar-refractivity contribution in [1.29, 1.82) is 0 Å². The van der Waals surface area contributed by atoms with E-state index >= 15 is 0 Å². The molecule has 1 aliphatic carbocycles. The number of carbonyl (C=O) groups excluding carboxylic acids is 3. The van der Waals surface area contributed by atoms with Gasteiger partial charge in [0, 0.05) is 13.6 Å². The highest BCUT2D eigenvalue weighted by Crippen LogP contribution is 2.39. The molecule has 0 radical (unpaired) electrons. The summed E-state index contributed by atoms with van der Waals surface area (Å²) in [5, 5.41) is 2.65. The third-order valence-corrected chi connectivity index (χ3v) is 5.51. The molecule has 1 saturated heterocycles. The van der Waals surface area contributed by atoms with E-state index in [4.69, 9.17) is 0 Å². The molecule has 7 heteroatoms. The largest absolute Gasteiger partial charge is 0.350 e. The first-order valence-electron chi connectivity index (χ1n) is 8.97. The van der Waals surface area contributed by atoms with E-state index in [0.29, 0.717) is 24.0 Å². The van der Waals surface area contributed by atoms with Gasteiger partial charge in [0.2, 0.25) is 5.91 Å². The van der Waals surface area contributed by atoms with Gasteiger partial charge in [0.1, 0.15) is 17.9 Å². The molecular weight excluding hydrogens is 337 g/mol. The van der Waals surface area contributed by atoms with Crippen molar-refractivity contribution in [2.75, 3.05) is 13.6 Å². The van der Waals surface area contributed by atoms with E-state index in [1.165, 1.54) is 11.0 Å². The number of halogens is 1. The second-order valence-electron chi connectivity index (χ2n) is 7.19. The Morgan fingerprint density at radius 2 is 1.92 bits per heavy atom. The number of urea groups is 1. The topological polar surface area (TPSA) is 69.7 Å². The summed E-state index contributed by atoms with van der Waals surface area (Å²) >= 11 is 0. The Labute approximate surface area is 152 Å². The monoisotopic (exact) mass is 361 g/mol. The van der Waals surface area contributed by atoms with Crippen LogP contribution in [0.4, 0.5) is 9.18 Å². The summed E-state index contributed by atoms with van der Waals surface area (Å²) in [6.07, 6.45) is 4.17. The summed E-state index contributed by atoms with van der Waals surface area (Å²) in [4.78, 5) is 40.1. The highest BCUT2D eigenvalue weighted by Gasteiger charge is 2.55. The molecule has 1 aromatic carbocycles. The van der Waals surface area contributed by atoms with Gasteiger partial charge in [-0.2, -0.15) is 0 Å². The van der Waals surface area contributed by atoms with Gasteiger partial charge in [-0.3, -0.25) is 14.5 Å². The lowest BCUT2D eigenvalue weighted by Crippen LogP contribution is -2.49. The van der Waals surface area contributed by atoms with Gasteiger partial charge in [-0.15, -0.1) is 0 Å². The molecule has 0 bridgehead atoms. The molecule has 1 aromatic rings. The van der Waals surface area contributed by atoms with Crippen LogP contribution in [0.5, 0.6) is 0 Å². The summed E-state index contributed by atoms with van der Waals surface area (Å²) < 4.78 is 13.6. The number of aryl methyl sites for hydroxylation is 1. The fraction of sp³-hybridized carbons (Fsp3) is 0.526. The second-order valence-corrected chi connectivity index (χ2v) is 7.19. The lowest BCUT2D eigenvalue weighted by atomic mass is 9.81. The fourth-order valence-corrected chi connectivity index (χ4v) is 3.82. The van der Waals surface area contributed by atoms with Crippen LogP contribution in [0, 0.1) is 12.7 Å². The summed E-state index contributed by atoms with van der Waals surface area (Å²) in [6, 6.07) is 4.32. The van der Waals surface area contributed by atoms with E-state index < -0.39 is 17.5 Å². The molecule has 1 spiro atoms. The number of hydrogen-bond acceptors (Lipinski definition) is 3. The minimum absolute atomic E-state index is 0.146. The molecule has 140 valence electrons. The second kappa shape index (κ2) is 7.05. The zero-order valence-corrected chi connectivity index (χ0v) is 15.2. The Bertz CT molecular complexity index is 744. The Morgan fingerprint density at radius 1 is 1.23 bits per heavy atom. The molecule has 1 heterocycles. The predicted octanol–water partition coefficient (Wildman–Crippen LogP) is 2.35. The van der Waals surface area contributed by atoms with Gasteiger partial charge in [-0.1, -0.05) is 31.4 Å². The quantitative estimate of drug-likeness (QED) is 0.837. The Balaban J connectivity index is 1.62. The molecule has 1 N–H and O–H groups in total. The first-order valence-corrected chi connectivity index (χ1v) is 8.97. The van der Waals surface area contributed by atoms with Crippen LogP contribution in [0.3, 0.4) is 0 Å². The van der Waals surface area contributed by atoms with Crippen LogP contribution < -0.4 is 5.32 Å². The number of rotatable bonds is 4. The Hall–Kier alpha value is -2.44. The number of benzene rings is 1. The van der Waals surface area contributed by atoms with Crippen LogP contribution >= 0.6 is 0 Å². The van der Waals surface area contributed by atoms with Crippen LogP contribution in [-0.4, -0.2) is 46.8 Å². The molecular formula is C19H24FN3O3. The van der Waals surface area contributed by atoms with E-state index in [2.05, 4.69) is 5.32 Å². The van der Waals surface area contributed by atoms with Crippen LogP contribution in [0.2, 0.25) is 0 Å². The number of hydrogen-bond donors (Lipinski definition) is 1. The molecule has 1 saturated carbocycles. The number of imide groups is 1. The van der Waals surface area contributed by atoms with Crippen molar-refractivity contribution >= 4 is 17.8 Å². The molecule has 26 heavy (non-hydrogen) atoms. The molecule has 0 atom stereocenters. The maximum absolute atomic E-state index is 13.6. The zero-order chi connectivity index (χ0) is 18.9. The number of amides is 4. The lowest BCUT2D eigenvalue weighted by molar-refractivity contribution is -0.137. The highest BCUT2D eigenvalue weighted by atomic mass is 19.1. The van der Waals surface area contributed by atoms with Gasteiger partial charge >= 0.3 is 6.03 Å². The van der Waals surface area contributed by atoms with Crippen molar-refractivity contribution in [2.24, 2.45) is 0 Å². The van der Waals surface area contributed by atoms with Gasteiger partial charge in [0.25, 0.3) is 5.91 Å². The van der Waals surface area contributed by atoms with E-state index in [0.717, 1.165) is 24.2 Å². The third-order valence-electron chi connectivity index (χ3n) is 5.51. The standard InChI is InChI=1S/C19H24FN3O3/c1-13-6-7-14(10-15(13)20)11-21-16(24)12-23-17(25)19(22(2)18(23)26)8-4-3-5-9-19/h6-7,10H,3-5,8-9,11-12H2,1-2H3,(H,21,24). The van der Waals surface area contributed by atoms with Gasteiger partial charge < -0.3 is 10.2 Å². The minimum atomic E-state index is -0.782. The molecule has 0 unspecified atom stereocenters. The van der Waals surface area contributed by atoms with Crippen LogP contribution in [-0.2, 0) is 16.1 Å². The zero-order valence-electron chi connectivity index (χ0n) is 15.2. The summed E-state index contributed by atoms with van der Waals surface area (Å²) in [5.74, 6) is -1.04. The van der Waals surface area contributed by atoms with Crippen molar-refractivity contribution < 1.29 is 18.8 Å². The maximum Gasteiger partial charge on any atom is 0.327 e. The maximum atomic E-state index is 13.6. The SMILES string of the molecule is Cc1ccc(CNC(=O)CN2C(=O)N(C)C3(CCCCC3)C2=O)cc1F. The van der Waals surface area contributed by atoms with Gasteiger partial charge in [-0.05, 0) is 37.0 Å². The smallest absolute Gasteiger partial charge is 0.327 e. The molecule has 1 aliphatic heterocycles. The first kappa shape index (κ1) is 18.4. The van der Waals surface area contributed by atoms with Gasteiger partial charge in [0.15, 0.2) is 0 Å². The molecule has 2 aliphatic rings. The Morgan fingerprint density at radius 3 is 2.58 bits per heavy atom. The van der Waals surface area contributed by atoms with Crippen molar-refractivity contribution in [1.82, 2.24) is 15.1 Å². The van der Waals surface area contributed by atoms with Crippen molar-refractivity contribution in [3.05, 3.63) is 35.1 Å². The lowest BCUT2D eigenvalue weighted by Gasteiger charge is -2.35. The summed E-state index contributed by atoms with van der Waals surface area (Å²) in [5.41, 5.74) is 0.380. The normalized spacial score (nSPS) is 19.3. The average molecular weight is 361 g/mol. The third kappa shape index (κ3) is 3.18. The number of carbonyl (C=O) groups is 3. The number of likely N-dealkylation sites (N-methyl/N-ethyl adjacent to an activating group) is 1. The molecule has 2 fully saturated rings. The van der Waals surface area contributed by atoms with Crippen LogP contribution in [0.15, 0.2) is 18.2 Å². The number of nitrogens with one attached hydrogen (secondary N) is 1. The summed E-state index contributed by atoms with van der Waals surface area (Å²) in [7, 11) is 1.64. The van der Waals surface area contributed by atoms with Crippen molar-refractivity contribution in [3.8, 4) is 0 Å². The molecule has 4 amide bonds. The van der Waals surface area contributed by atoms with Crippen LogP contribution in [0.1, 0.15) is 43.2 Å². The van der Waals surface area contributed by atoms with E-state index in [1.54, 1.807) is 26.1 Å². The van der Waals surface area contributed by atoms with E-state index in [1.807, 2.05) is 0 Å². The Kier molecular flexibility index (Phi) is 4.98. The average Bonchev–Trinajstić information content (AvgIpc) is 2.80. The van der Waals surface area contributed by atoms with Crippen molar-refractivity contribution in [2.45, 2.75) is 51.1 Å². The summed E-state index contributed by atoms with van der Waals surface area (Å²) in [6.45, 7) is 1.51.